The molecule has 4 rings (SSSR count). The van der Waals surface area contributed by atoms with Gasteiger partial charge in [0, 0.05) is 28.9 Å². The predicted octanol–water partition coefficient (Wildman–Crippen LogP) is 5.52. The molecule has 0 aliphatic heterocycles. The molecular weight excluding hydrogens is 382 g/mol. The van der Waals surface area contributed by atoms with Gasteiger partial charge in [-0.05, 0) is 52.9 Å². The second-order valence-corrected chi connectivity index (χ2v) is 8.07. The molecule has 1 aliphatic carbocycles. The van der Waals surface area contributed by atoms with Crippen LogP contribution in [-0.4, -0.2) is 30.2 Å². The molecular formula is C24H23NO3S. The lowest BCUT2D eigenvalue weighted by molar-refractivity contribution is 0.158. The molecule has 4 nitrogen and oxygen atoms in total. The van der Waals surface area contributed by atoms with Gasteiger partial charge in [-0.3, -0.25) is 5.32 Å². The number of anilines is 1. The van der Waals surface area contributed by atoms with Crippen LogP contribution in [-0.2, 0) is 4.74 Å². The Hall–Kier alpha value is -2.76. The van der Waals surface area contributed by atoms with E-state index in [1.54, 1.807) is 11.8 Å². The van der Waals surface area contributed by atoms with Crippen molar-refractivity contribution in [3.05, 3.63) is 83.9 Å². The standard InChI is InChI=1S/C24H23NO3S/c26-14-5-15-29-18-12-10-17(11-13-18)25-24(27)28-16-23-21-8-3-1-6-19(21)20-7-2-4-9-22(20)23/h1-4,6-13,23,26H,5,14-16H2,(H,25,27). The number of fused-ring (bicyclic) bond motifs is 3. The normalized spacial score (nSPS) is 12.3. The second kappa shape index (κ2) is 9.16. The minimum atomic E-state index is -0.451. The van der Waals surface area contributed by atoms with Gasteiger partial charge in [0.05, 0.1) is 0 Å². The van der Waals surface area contributed by atoms with E-state index in [1.807, 2.05) is 48.5 Å². The molecule has 1 amide bonds. The van der Waals surface area contributed by atoms with Crippen LogP contribution in [0.2, 0.25) is 0 Å². The monoisotopic (exact) mass is 405 g/mol. The highest BCUT2D eigenvalue weighted by Crippen LogP contribution is 2.44. The first kappa shape index (κ1) is 19.6. The van der Waals surface area contributed by atoms with Gasteiger partial charge >= 0.3 is 6.09 Å². The number of carbonyl (C=O) groups excluding carboxylic acids is 1. The largest absolute Gasteiger partial charge is 0.448 e. The van der Waals surface area contributed by atoms with Crippen LogP contribution in [0.4, 0.5) is 10.5 Å². The molecule has 0 fully saturated rings. The fourth-order valence-electron chi connectivity index (χ4n) is 3.64. The van der Waals surface area contributed by atoms with Gasteiger partial charge in [0.25, 0.3) is 0 Å². The Labute approximate surface area is 174 Å². The molecule has 0 unspecified atom stereocenters. The molecule has 0 atom stereocenters. The van der Waals surface area contributed by atoms with E-state index in [2.05, 4.69) is 29.6 Å². The molecule has 0 heterocycles. The number of ether oxygens (including phenoxy) is 1. The predicted molar refractivity (Wildman–Crippen MR) is 118 cm³/mol. The van der Waals surface area contributed by atoms with Crippen molar-refractivity contribution in [1.82, 2.24) is 0 Å². The Kier molecular flexibility index (Phi) is 6.17. The third-order valence-electron chi connectivity index (χ3n) is 5.02. The van der Waals surface area contributed by atoms with Crippen LogP contribution >= 0.6 is 11.8 Å². The minimum Gasteiger partial charge on any atom is -0.448 e. The maximum atomic E-state index is 12.3. The average Bonchev–Trinajstić information content (AvgIpc) is 3.08. The summed E-state index contributed by atoms with van der Waals surface area (Å²) in [7, 11) is 0. The van der Waals surface area contributed by atoms with Crippen molar-refractivity contribution in [2.75, 3.05) is 24.3 Å². The number of hydrogen-bond acceptors (Lipinski definition) is 4. The van der Waals surface area contributed by atoms with E-state index in [-0.39, 0.29) is 12.5 Å². The lowest BCUT2D eigenvalue weighted by atomic mass is 9.98. The molecule has 1 aliphatic rings. The maximum absolute atomic E-state index is 12.3. The van der Waals surface area contributed by atoms with Gasteiger partial charge in [-0.25, -0.2) is 4.79 Å². The van der Waals surface area contributed by atoms with E-state index in [1.165, 1.54) is 22.3 Å². The summed E-state index contributed by atoms with van der Waals surface area (Å²) in [6.45, 7) is 0.503. The lowest BCUT2D eigenvalue weighted by Crippen LogP contribution is -2.17. The van der Waals surface area contributed by atoms with E-state index in [9.17, 15) is 4.79 Å². The van der Waals surface area contributed by atoms with Gasteiger partial charge in [0.2, 0.25) is 0 Å². The molecule has 0 bridgehead atoms. The minimum absolute atomic E-state index is 0.0541. The molecule has 29 heavy (non-hydrogen) atoms. The Balaban J connectivity index is 1.36. The van der Waals surface area contributed by atoms with E-state index < -0.39 is 6.09 Å². The highest BCUT2D eigenvalue weighted by Gasteiger charge is 2.28. The summed E-state index contributed by atoms with van der Waals surface area (Å²) in [6, 6.07) is 24.2. The van der Waals surface area contributed by atoms with Crippen LogP contribution < -0.4 is 5.32 Å². The molecule has 3 aromatic carbocycles. The first-order valence-corrected chi connectivity index (χ1v) is 10.7. The number of amides is 1. The smallest absolute Gasteiger partial charge is 0.411 e. The number of aliphatic hydroxyl groups excluding tert-OH is 1. The van der Waals surface area contributed by atoms with Crippen LogP contribution in [0.1, 0.15) is 23.5 Å². The fourth-order valence-corrected chi connectivity index (χ4v) is 4.48. The zero-order chi connectivity index (χ0) is 20.1. The van der Waals surface area contributed by atoms with Crippen LogP contribution in [0.3, 0.4) is 0 Å². The fraction of sp³-hybridized carbons (Fsp3) is 0.208. The van der Waals surface area contributed by atoms with Crippen molar-refractivity contribution in [2.45, 2.75) is 17.2 Å². The topological polar surface area (TPSA) is 58.6 Å². The number of thioether (sulfide) groups is 1. The van der Waals surface area contributed by atoms with Crippen molar-refractivity contribution in [3.8, 4) is 11.1 Å². The molecule has 0 saturated carbocycles. The Bertz CT molecular complexity index is 942. The number of rotatable bonds is 7. The summed E-state index contributed by atoms with van der Waals surface area (Å²) in [5, 5.41) is 11.6. The Morgan fingerprint density at radius 3 is 2.17 bits per heavy atom. The van der Waals surface area contributed by atoms with Gasteiger partial charge in [0.1, 0.15) is 6.61 Å². The molecule has 3 aromatic rings. The Morgan fingerprint density at radius 2 is 1.55 bits per heavy atom. The van der Waals surface area contributed by atoms with Crippen molar-refractivity contribution in [2.24, 2.45) is 0 Å². The number of nitrogens with one attached hydrogen (secondary N) is 1. The summed E-state index contributed by atoms with van der Waals surface area (Å²) in [5.41, 5.74) is 5.53. The van der Waals surface area contributed by atoms with E-state index >= 15 is 0 Å². The molecule has 0 spiro atoms. The lowest BCUT2D eigenvalue weighted by Gasteiger charge is -2.14. The molecule has 2 N–H and O–H groups in total. The molecule has 0 radical (unpaired) electrons. The zero-order valence-corrected chi connectivity index (χ0v) is 16.8. The van der Waals surface area contributed by atoms with Crippen molar-refractivity contribution >= 4 is 23.5 Å². The molecule has 0 saturated heterocycles. The van der Waals surface area contributed by atoms with Gasteiger partial charge < -0.3 is 9.84 Å². The van der Waals surface area contributed by atoms with Gasteiger partial charge in [-0.15, -0.1) is 11.8 Å². The third kappa shape index (κ3) is 4.47. The highest BCUT2D eigenvalue weighted by molar-refractivity contribution is 7.99. The number of benzene rings is 3. The summed E-state index contributed by atoms with van der Waals surface area (Å²) in [5.74, 6) is 0.925. The summed E-state index contributed by atoms with van der Waals surface area (Å²) in [6.07, 6.45) is 0.317. The first-order valence-electron chi connectivity index (χ1n) is 9.72. The summed E-state index contributed by atoms with van der Waals surface area (Å²) in [4.78, 5) is 13.4. The second-order valence-electron chi connectivity index (χ2n) is 6.90. The molecule has 148 valence electrons. The number of hydrogen-bond donors (Lipinski definition) is 2. The number of aliphatic hydroxyl groups is 1. The molecule has 0 aromatic heterocycles. The van der Waals surface area contributed by atoms with E-state index in [0.29, 0.717) is 12.3 Å². The quantitative estimate of drug-likeness (QED) is 0.401. The SMILES string of the molecule is O=C(Nc1ccc(SCCCO)cc1)OCC1c2ccccc2-c2ccccc21. The van der Waals surface area contributed by atoms with Crippen LogP contribution in [0.5, 0.6) is 0 Å². The van der Waals surface area contributed by atoms with Crippen molar-refractivity contribution in [1.29, 1.82) is 0 Å². The Morgan fingerprint density at radius 1 is 0.931 bits per heavy atom. The highest BCUT2D eigenvalue weighted by atomic mass is 32.2. The van der Waals surface area contributed by atoms with Crippen LogP contribution in [0.25, 0.3) is 11.1 Å². The summed E-state index contributed by atoms with van der Waals surface area (Å²) >= 11 is 1.68. The van der Waals surface area contributed by atoms with Gasteiger partial charge in [0.15, 0.2) is 0 Å². The van der Waals surface area contributed by atoms with Crippen molar-refractivity contribution in [3.63, 3.8) is 0 Å². The zero-order valence-electron chi connectivity index (χ0n) is 16.0. The van der Waals surface area contributed by atoms with Crippen molar-refractivity contribution < 1.29 is 14.6 Å². The number of carbonyl (C=O) groups is 1. The average molecular weight is 406 g/mol. The van der Waals surface area contributed by atoms with Gasteiger partial charge in [-0.2, -0.15) is 0 Å². The van der Waals surface area contributed by atoms with E-state index in [4.69, 9.17) is 9.84 Å². The van der Waals surface area contributed by atoms with Crippen LogP contribution in [0, 0.1) is 0 Å². The molecule has 5 heteroatoms. The van der Waals surface area contributed by atoms with E-state index in [0.717, 1.165) is 17.1 Å². The third-order valence-corrected chi connectivity index (χ3v) is 6.11. The maximum Gasteiger partial charge on any atom is 0.411 e. The van der Waals surface area contributed by atoms with Crippen LogP contribution in [0.15, 0.2) is 77.7 Å². The summed E-state index contributed by atoms with van der Waals surface area (Å²) < 4.78 is 5.57. The van der Waals surface area contributed by atoms with Gasteiger partial charge in [-0.1, -0.05) is 48.5 Å². The first-order chi connectivity index (χ1) is 14.3.